The molecular weight excluding hydrogens is 242 g/mol. The van der Waals surface area contributed by atoms with Gasteiger partial charge in [0, 0.05) is 19.5 Å². The number of hydrogen-bond donors (Lipinski definition) is 1. The van der Waals surface area contributed by atoms with Gasteiger partial charge in [-0.05, 0) is 26.2 Å². The topological polar surface area (TPSA) is 57.6 Å². The summed E-state index contributed by atoms with van der Waals surface area (Å²) >= 11 is 0. The molecule has 0 radical (unpaired) electrons. The molecule has 110 valence electrons. The summed E-state index contributed by atoms with van der Waals surface area (Å²) in [6, 6.07) is 0. The van der Waals surface area contributed by atoms with E-state index in [1.165, 1.54) is 0 Å². The fourth-order valence-electron chi connectivity index (χ4n) is 3.00. The molecule has 19 heavy (non-hydrogen) atoms. The van der Waals surface area contributed by atoms with Gasteiger partial charge in [-0.15, -0.1) is 0 Å². The third-order valence-corrected chi connectivity index (χ3v) is 4.23. The minimum absolute atomic E-state index is 0.00801. The number of carboxylic acids is 1. The lowest BCUT2D eigenvalue weighted by molar-refractivity contribution is -0.154. The van der Waals surface area contributed by atoms with Crippen molar-refractivity contribution in [3.63, 3.8) is 0 Å². The number of aliphatic carboxylic acids is 1. The molecular formula is C15H27NO3. The summed E-state index contributed by atoms with van der Waals surface area (Å²) < 4.78 is 0. The highest BCUT2D eigenvalue weighted by Gasteiger charge is 2.41. The quantitative estimate of drug-likeness (QED) is 0.754. The first-order chi connectivity index (χ1) is 9.05. The summed E-state index contributed by atoms with van der Waals surface area (Å²) in [6.45, 7) is 5.38. The van der Waals surface area contributed by atoms with Gasteiger partial charge < -0.3 is 10.0 Å². The van der Waals surface area contributed by atoms with Crippen molar-refractivity contribution in [3.8, 4) is 0 Å². The smallest absolute Gasteiger partial charge is 0.310 e. The zero-order valence-electron chi connectivity index (χ0n) is 12.3. The van der Waals surface area contributed by atoms with Gasteiger partial charge in [0.25, 0.3) is 0 Å². The average Bonchev–Trinajstić information content (AvgIpc) is 2.62. The number of hydrogen-bond acceptors (Lipinski definition) is 2. The second-order valence-corrected chi connectivity index (χ2v) is 5.65. The minimum atomic E-state index is -0.811. The highest BCUT2D eigenvalue weighted by atomic mass is 16.4. The van der Waals surface area contributed by atoms with Crippen LogP contribution in [0.1, 0.15) is 65.2 Å². The largest absolute Gasteiger partial charge is 0.481 e. The number of carbonyl (C=O) groups excluding carboxylic acids is 1. The molecule has 4 nitrogen and oxygen atoms in total. The van der Waals surface area contributed by atoms with E-state index in [-0.39, 0.29) is 12.3 Å². The first kappa shape index (κ1) is 16.0. The fraction of sp³-hybridized carbons (Fsp3) is 0.867. The lowest BCUT2D eigenvalue weighted by atomic mass is 9.77. The van der Waals surface area contributed by atoms with Crippen LogP contribution >= 0.6 is 0 Å². The van der Waals surface area contributed by atoms with Crippen molar-refractivity contribution in [1.29, 1.82) is 0 Å². The Kier molecular flexibility index (Phi) is 6.32. The average molecular weight is 269 g/mol. The van der Waals surface area contributed by atoms with Crippen molar-refractivity contribution in [2.75, 3.05) is 13.1 Å². The summed E-state index contributed by atoms with van der Waals surface area (Å²) in [5.74, 6) is -0.774. The van der Waals surface area contributed by atoms with Crippen LogP contribution in [0, 0.1) is 5.41 Å². The standard InChI is InChI=1S/C15H27NO3/c1-3-11-16(4-2)13(17)12-15(14(18)19)9-7-5-6-8-10-15/h3-12H2,1-2H3,(H,18,19). The fourth-order valence-corrected chi connectivity index (χ4v) is 3.00. The zero-order chi connectivity index (χ0) is 14.3. The second-order valence-electron chi connectivity index (χ2n) is 5.65. The van der Waals surface area contributed by atoms with Crippen LogP contribution in [0.4, 0.5) is 0 Å². The van der Waals surface area contributed by atoms with Crippen LogP contribution in [0.3, 0.4) is 0 Å². The lowest BCUT2D eigenvalue weighted by Gasteiger charge is -2.30. The molecule has 1 saturated carbocycles. The molecule has 0 aromatic rings. The molecule has 1 aliphatic carbocycles. The Morgan fingerprint density at radius 1 is 1.11 bits per heavy atom. The lowest BCUT2D eigenvalue weighted by Crippen LogP contribution is -2.40. The first-order valence-electron chi connectivity index (χ1n) is 7.57. The summed E-state index contributed by atoms with van der Waals surface area (Å²) in [7, 11) is 0. The zero-order valence-corrected chi connectivity index (χ0v) is 12.3. The van der Waals surface area contributed by atoms with Crippen LogP contribution in [0.15, 0.2) is 0 Å². The highest BCUT2D eigenvalue weighted by molar-refractivity contribution is 5.85. The van der Waals surface area contributed by atoms with Gasteiger partial charge in [0.1, 0.15) is 0 Å². The molecule has 0 aliphatic heterocycles. The second kappa shape index (κ2) is 7.51. The summed E-state index contributed by atoms with van der Waals surface area (Å²) in [5, 5.41) is 9.58. The van der Waals surface area contributed by atoms with Crippen molar-refractivity contribution >= 4 is 11.9 Å². The molecule has 0 bridgehead atoms. The Balaban J connectivity index is 2.77. The van der Waals surface area contributed by atoms with E-state index >= 15 is 0 Å². The number of nitrogens with zero attached hydrogens (tertiary/aromatic N) is 1. The highest BCUT2D eigenvalue weighted by Crippen LogP contribution is 2.38. The van der Waals surface area contributed by atoms with Crippen LogP contribution in [-0.4, -0.2) is 35.0 Å². The number of amides is 1. The van der Waals surface area contributed by atoms with Crippen molar-refractivity contribution in [2.24, 2.45) is 5.41 Å². The van der Waals surface area contributed by atoms with Crippen LogP contribution in [0.25, 0.3) is 0 Å². The Bertz CT molecular complexity index is 307. The number of carboxylic acid groups (broad SMARTS) is 1. The van der Waals surface area contributed by atoms with Gasteiger partial charge in [-0.25, -0.2) is 0 Å². The molecule has 1 N–H and O–H groups in total. The van der Waals surface area contributed by atoms with Gasteiger partial charge >= 0.3 is 5.97 Å². The van der Waals surface area contributed by atoms with Crippen molar-refractivity contribution in [3.05, 3.63) is 0 Å². The molecule has 0 aromatic heterocycles. The molecule has 0 unspecified atom stereocenters. The van der Waals surface area contributed by atoms with E-state index < -0.39 is 11.4 Å². The number of rotatable bonds is 6. The SMILES string of the molecule is CCCN(CC)C(=O)CC1(C(=O)O)CCCCCC1. The Morgan fingerprint density at radius 2 is 1.68 bits per heavy atom. The summed E-state index contributed by atoms with van der Waals surface area (Å²) in [4.78, 5) is 25.8. The predicted octanol–water partition coefficient (Wildman–Crippen LogP) is 3.06. The van der Waals surface area contributed by atoms with E-state index in [0.717, 1.165) is 38.6 Å². The monoisotopic (exact) mass is 269 g/mol. The van der Waals surface area contributed by atoms with E-state index in [4.69, 9.17) is 0 Å². The van der Waals surface area contributed by atoms with Crippen LogP contribution in [-0.2, 0) is 9.59 Å². The normalized spacial score (nSPS) is 18.6. The van der Waals surface area contributed by atoms with E-state index in [9.17, 15) is 14.7 Å². The molecule has 0 spiro atoms. The van der Waals surface area contributed by atoms with Crippen LogP contribution in [0.2, 0.25) is 0 Å². The van der Waals surface area contributed by atoms with Crippen LogP contribution in [0.5, 0.6) is 0 Å². The van der Waals surface area contributed by atoms with Gasteiger partial charge in [0.2, 0.25) is 5.91 Å². The maximum Gasteiger partial charge on any atom is 0.310 e. The molecule has 0 saturated heterocycles. The van der Waals surface area contributed by atoms with Crippen molar-refractivity contribution < 1.29 is 14.7 Å². The van der Waals surface area contributed by atoms with E-state index in [1.807, 2.05) is 13.8 Å². The molecule has 1 amide bonds. The summed E-state index contributed by atoms with van der Waals surface area (Å²) in [5.41, 5.74) is -0.811. The summed E-state index contributed by atoms with van der Waals surface area (Å²) in [6.07, 6.45) is 6.44. The van der Waals surface area contributed by atoms with E-state index in [1.54, 1.807) is 4.90 Å². The molecule has 1 aliphatic rings. The third-order valence-electron chi connectivity index (χ3n) is 4.23. The molecule has 1 fully saturated rings. The van der Waals surface area contributed by atoms with Gasteiger partial charge in [-0.3, -0.25) is 9.59 Å². The Morgan fingerprint density at radius 3 is 2.11 bits per heavy atom. The Hall–Kier alpha value is -1.06. The van der Waals surface area contributed by atoms with E-state index in [0.29, 0.717) is 19.4 Å². The molecule has 0 aromatic carbocycles. The minimum Gasteiger partial charge on any atom is -0.481 e. The predicted molar refractivity (Wildman–Crippen MR) is 74.9 cm³/mol. The van der Waals surface area contributed by atoms with Crippen molar-refractivity contribution in [1.82, 2.24) is 4.90 Å². The van der Waals surface area contributed by atoms with Crippen molar-refractivity contribution in [2.45, 2.75) is 65.2 Å². The Labute approximate surface area is 116 Å². The van der Waals surface area contributed by atoms with Gasteiger partial charge in [0.15, 0.2) is 0 Å². The number of carbonyl (C=O) groups is 2. The van der Waals surface area contributed by atoms with Crippen LogP contribution < -0.4 is 0 Å². The maximum atomic E-state index is 12.3. The molecule has 4 heteroatoms. The molecule has 1 rings (SSSR count). The van der Waals surface area contributed by atoms with Gasteiger partial charge in [-0.1, -0.05) is 32.6 Å². The molecule has 0 atom stereocenters. The maximum absolute atomic E-state index is 12.3. The first-order valence-corrected chi connectivity index (χ1v) is 7.57. The van der Waals surface area contributed by atoms with Gasteiger partial charge in [-0.2, -0.15) is 0 Å². The molecule has 0 heterocycles. The van der Waals surface area contributed by atoms with E-state index in [2.05, 4.69) is 0 Å². The third kappa shape index (κ3) is 4.22. The van der Waals surface area contributed by atoms with Gasteiger partial charge in [0.05, 0.1) is 5.41 Å².